The first-order valence-corrected chi connectivity index (χ1v) is 7.20. The molecule has 1 aliphatic heterocycles. The van der Waals surface area contributed by atoms with Crippen molar-refractivity contribution >= 4 is 12.0 Å². The van der Waals surface area contributed by atoms with Crippen LogP contribution in [0.25, 0.3) is 0 Å². The fourth-order valence-electron chi connectivity index (χ4n) is 2.53. The van der Waals surface area contributed by atoms with Crippen molar-refractivity contribution in [2.24, 2.45) is 5.92 Å². The Bertz CT molecular complexity index is 533. The van der Waals surface area contributed by atoms with Crippen LogP contribution in [0.3, 0.4) is 0 Å². The summed E-state index contributed by atoms with van der Waals surface area (Å²) in [5, 5.41) is 9.01. The van der Waals surface area contributed by atoms with Gasteiger partial charge in [0.25, 0.3) is 0 Å². The Morgan fingerprint density at radius 3 is 2.81 bits per heavy atom. The molecule has 0 aromatic carbocycles. The highest BCUT2D eigenvalue weighted by Crippen LogP contribution is 2.18. The first kappa shape index (κ1) is 15.3. The van der Waals surface area contributed by atoms with Gasteiger partial charge in [-0.25, -0.2) is 4.79 Å². The lowest BCUT2D eigenvalue weighted by Gasteiger charge is -2.26. The number of hydrogen-bond donors (Lipinski definition) is 1. The molecule has 1 fully saturated rings. The summed E-state index contributed by atoms with van der Waals surface area (Å²) in [6.45, 7) is 5.66. The molecule has 0 spiro atoms. The summed E-state index contributed by atoms with van der Waals surface area (Å²) in [4.78, 5) is 31.2. The van der Waals surface area contributed by atoms with E-state index in [4.69, 9.17) is 5.11 Å². The van der Waals surface area contributed by atoms with Gasteiger partial charge >= 0.3 is 12.0 Å². The number of aromatic nitrogens is 1. The molecule has 2 heterocycles. The Labute approximate surface area is 124 Å². The van der Waals surface area contributed by atoms with Crippen molar-refractivity contribution in [2.75, 3.05) is 19.6 Å². The number of aryl methyl sites for hydroxylation is 1. The van der Waals surface area contributed by atoms with Gasteiger partial charge in [-0.2, -0.15) is 0 Å². The van der Waals surface area contributed by atoms with E-state index in [2.05, 4.69) is 4.98 Å². The largest absolute Gasteiger partial charge is 0.481 e. The molecule has 0 radical (unpaired) electrons. The number of aliphatic carboxylic acids is 1. The van der Waals surface area contributed by atoms with Gasteiger partial charge in [0, 0.05) is 25.3 Å². The van der Waals surface area contributed by atoms with Crippen molar-refractivity contribution in [2.45, 2.75) is 26.8 Å². The molecule has 2 rings (SSSR count). The minimum absolute atomic E-state index is 0.107. The van der Waals surface area contributed by atoms with E-state index >= 15 is 0 Å². The minimum Gasteiger partial charge on any atom is -0.481 e. The molecule has 0 bridgehead atoms. The number of likely N-dealkylation sites (tertiary alicyclic amines) is 1. The molecule has 0 saturated carbocycles. The molecule has 1 unspecified atom stereocenters. The van der Waals surface area contributed by atoms with Gasteiger partial charge in [0.2, 0.25) is 0 Å². The molecule has 1 aromatic heterocycles. The highest BCUT2D eigenvalue weighted by molar-refractivity contribution is 5.77. The van der Waals surface area contributed by atoms with Gasteiger partial charge in [-0.1, -0.05) is 6.07 Å². The van der Waals surface area contributed by atoms with Crippen LogP contribution in [0.2, 0.25) is 0 Å². The van der Waals surface area contributed by atoms with Crippen LogP contribution in [-0.4, -0.2) is 51.5 Å². The van der Waals surface area contributed by atoms with Crippen LogP contribution in [0.15, 0.2) is 18.2 Å². The molecule has 1 atom stereocenters. The molecule has 114 valence electrons. The number of amides is 2. The van der Waals surface area contributed by atoms with E-state index in [1.165, 1.54) is 0 Å². The molecule has 6 heteroatoms. The third kappa shape index (κ3) is 3.71. The lowest BCUT2D eigenvalue weighted by molar-refractivity contribution is -0.141. The van der Waals surface area contributed by atoms with Crippen LogP contribution in [0.4, 0.5) is 4.79 Å². The van der Waals surface area contributed by atoms with E-state index in [0.29, 0.717) is 32.6 Å². The molecule has 1 N–H and O–H groups in total. The minimum atomic E-state index is -0.825. The molecule has 0 aliphatic carbocycles. The van der Waals surface area contributed by atoms with E-state index in [-0.39, 0.29) is 6.03 Å². The van der Waals surface area contributed by atoms with Crippen molar-refractivity contribution < 1.29 is 14.7 Å². The molecule has 2 amide bonds. The van der Waals surface area contributed by atoms with Crippen molar-refractivity contribution in [3.8, 4) is 0 Å². The van der Waals surface area contributed by atoms with Crippen LogP contribution >= 0.6 is 0 Å². The van der Waals surface area contributed by atoms with Gasteiger partial charge in [0.05, 0.1) is 18.2 Å². The van der Waals surface area contributed by atoms with E-state index in [9.17, 15) is 9.59 Å². The summed E-state index contributed by atoms with van der Waals surface area (Å²) in [6.07, 6.45) is 0.529. The molecule has 21 heavy (non-hydrogen) atoms. The van der Waals surface area contributed by atoms with Crippen molar-refractivity contribution in [1.29, 1.82) is 0 Å². The van der Waals surface area contributed by atoms with Gasteiger partial charge in [-0.15, -0.1) is 0 Å². The van der Waals surface area contributed by atoms with E-state index < -0.39 is 11.9 Å². The fraction of sp³-hybridized carbons (Fsp3) is 0.533. The van der Waals surface area contributed by atoms with Crippen LogP contribution in [0.1, 0.15) is 24.7 Å². The topological polar surface area (TPSA) is 73.7 Å². The zero-order chi connectivity index (χ0) is 15.4. The maximum Gasteiger partial charge on any atom is 0.320 e. The lowest BCUT2D eigenvalue weighted by Crippen LogP contribution is -2.42. The standard InChI is InChI=1S/C15H21N3O3/c1-3-17(10-13-6-4-5-11(2)16-13)15(21)18-8-7-12(9-18)14(19)20/h4-6,12H,3,7-10H2,1-2H3,(H,19,20). The summed E-state index contributed by atoms with van der Waals surface area (Å²) in [6, 6.07) is 5.63. The van der Waals surface area contributed by atoms with Crippen LogP contribution < -0.4 is 0 Å². The predicted molar refractivity (Wildman–Crippen MR) is 77.8 cm³/mol. The quantitative estimate of drug-likeness (QED) is 0.917. The number of carboxylic acids is 1. The molecular weight excluding hydrogens is 270 g/mol. The monoisotopic (exact) mass is 291 g/mol. The average molecular weight is 291 g/mol. The van der Waals surface area contributed by atoms with E-state index in [1.54, 1.807) is 9.80 Å². The second kappa shape index (κ2) is 6.56. The van der Waals surface area contributed by atoms with Gasteiger partial charge in [-0.3, -0.25) is 9.78 Å². The number of nitrogens with zero attached hydrogens (tertiary/aromatic N) is 3. The summed E-state index contributed by atoms with van der Waals surface area (Å²) in [5.41, 5.74) is 1.77. The Hall–Kier alpha value is -2.11. The second-order valence-electron chi connectivity index (χ2n) is 5.34. The summed E-state index contributed by atoms with van der Waals surface area (Å²) < 4.78 is 0. The van der Waals surface area contributed by atoms with Gasteiger partial charge in [0.1, 0.15) is 0 Å². The van der Waals surface area contributed by atoms with Gasteiger partial charge in [0.15, 0.2) is 0 Å². The maximum atomic E-state index is 12.5. The summed E-state index contributed by atoms with van der Waals surface area (Å²) in [5.74, 6) is -1.27. The number of rotatable bonds is 4. The predicted octanol–water partition coefficient (Wildman–Crippen LogP) is 1.74. The normalized spacial score (nSPS) is 17.8. The number of carboxylic acid groups (broad SMARTS) is 1. The number of hydrogen-bond acceptors (Lipinski definition) is 3. The Balaban J connectivity index is 2.01. The third-order valence-electron chi connectivity index (χ3n) is 3.76. The molecule has 1 aliphatic rings. The number of urea groups is 1. The first-order chi connectivity index (χ1) is 10.0. The molecular formula is C15H21N3O3. The van der Waals surface area contributed by atoms with Crippen molar-refractivity contribution in [1.82, 2.24) is 14.8 Å². The third-order valence-corrected chi connectivity index (χ3v) is 3.76. The number of pyridine rings is 1. The highest BCUT2D eigenvalue weighted by atomic mass is 16.4. The lowest BCUT2D eigenvalue weighted by atomic mass is 10.1. The molecule has 1 aromatic rings. The highest BCUT2D eigenvalue weighted by Gasteiger charge is 2.32. The smallest absolute Gasteiger partial charge is 0.320 e. The zero-order valence-corrected chi connectivity index (χ0v) is 12.5. The van der Waals surface area contributed by atoms with Crippen molar-refractivity contribution in [3.05, 3.63) is 29.6 Å². The Morgan fingerprint density at radius 1 is 1.48 bits per heavy atom. The second-order valence-corrected chi connectivity index (χ2v) is 5.34. The molecule has 6 nitrogen and oxygen atoms in total. The van der Waals surface area contributed by atoms with Crippen LogP contribution in [-0.2, 0) is 11.3 Å². The van der Waals surface area contributed by atoms with Crippen LogP contribution in [0, 0.1) is 12.8 Å². The van der Waals surface area contributed by atoms with E-state index in [1.807, 2.05) is 32.0 Å². The number of carbonyl (C=O) groups is 2. The van der Waals surface area contributed by atoms with Gasteiger partial charge < -0.3 is 14.9 Å². The Kier molecular flexibility index (Phi) is 4.77. The van der Waals surface area contributed by atoms with Crippen LogP contribution in [0.5, 0.6) is 0 Å². The Morgan fingerprint density at radius 2 is 2.24 bits per heavy atom. The summed E-state index contributed by atoms with van der Waals surface area (Å²) >= 11 is 0. The zero-order valence-electron chi connectivity index (χ0n) is 12.5. The van der Waals surface area contributed by atoms with Gasteiger partial charge in [-0.05, 0) is 32.4 Å². The molecule has 1 saturated heterocycles. The van der Waals surface area contributed by atoms with E-state index in [0.717, 1.165) is 11.4 Å². The average Bonchev–Trinajstić information content (AvgIpc) is 2.94. The number of carbonyl (C=O) groups excluding carboxylic acids is 1. The van der Waals surface area contributed by atoms with Crippen molar-refractivity contribution in [3.63, 3.8) is 0 Å². The SMILES string of the molecule is CCN(Cc1cccc(C)n1)C(=O)N1CCC(C(=O)O)C1. The maximum absolute atomic E-state index is 12.5. The summed E-state index contributed by atoms with van der Waals surface area (Å²) in [7, 11) is 0. The first-order valence-electron chi connectivity index (χ1n) is 7.20. The fourth-order valence-corrected chi connectivity index (χ4v) is 2.53.